The van der Waals surface area contributed by atoms with E-state index in [1.165, 1.54) is 5.56 Å². The summed E-state index contributed by atoms with van der Waals surface area (Å²) in [5, 5.41) is 8.19. The Bertz CT molecular complexity index is 870. The molecule has 0 saturated heterocycles. The number of benzene rings is 2. The predicted molar refractivity (Wildman–Crippen MR) is 99.9 cm³/mol. The smallest absolute Gasteiger partial charge is 0.251 e. The van der Waals surface area contributed by atoms with Crippen molar-refractivity contribution in [2.75, 3.05) is 0 Å². The highest BCUT2D eigenvalue weighted by molar-refractivity contribution is 6.30. The van der Waals surface area contributed by atoms with E-state index in [1.54, 1.807) is 24.3 Å². The molecule has 1 amide bonds. The molecule has 0 aliphatic carbocycles. The summed E-state index contributed by atoms with van der Waals surface area (Å²) in [5.41, 5.74) is 4.85. The maximum absolute atomic E-state index is 12.3. The first-order valence-electron chi connectivity index (χ1n) is 8.15. The predicted octanol–water partition coefficient (Wildman–Crippen LogP) is 4.13. The van der Waals surface area contributed by atoms with Crippen LogP contribution in [0.5, 0.6) is 0 Å². The minimum absolute atomic E-state index is 0.119. The van der Waals surface area contributed by atoms with Crippen LogP contribution in [0.15, 0.2) is 54.6 Å². The number of amides is 1. The number of nitrogens with one attached hydrogen (secondary N) is 1. The van der Waals surface area contributed by atoms with Crippen LogP contribution in [-0.2, 0) is 13.1 Å². The molecule has 25 heavy (non-hydrogen) atoms. The minimum Gasteiger partial charge on any atom is -0.348 e. The fourth-order valence-corrected chi connectivity index (χ4v) is 2.90. The molecule has 0 atom stereocenters. The molecule has 0 bridgehead atoms. The number of halogens is 1. The summed E-state index contributed by atoms with van der Waals surface area (Å²) in [6.45, 7) is 5.18. The molecular formula is C20H20ClN3O. The van der Waals surface area contributed by atoms with Crippen molar-refractivity contribution in [3.05, 3.63) is 87.7 Å². The number of carbonyl (C=O) groups excluding carboxylic acids is 1. The van der Waals surface area contributed by atoms with E-state index in [9.17, 15) is 4.79 Å². The summed E-state index contributed by atoms with van der Waals surface area (Å²) >= 11 is 5.86. The monoisotopic (exact) mass is 353 g/mol. The molecule has 0 saturated carbocycles. The van der Waals surface area contributed by atoms with Crippen LogP contribution >= 0.6 is 11.6 Å². The van der Waals surface area contributed by atoms with Gasteiger partial charge in [0.1, 0.15) is 0 Å². The first kappa shape index (κ1) is 17.2. The number of hydrogen-bond acceptors (Lipinski definition) is 2. The Morgan fingerprint density at radius 3 is 2.44 bits per heavy atom. The van der Waals surface area contributed by atoms with E-state index in [1.807, 2.05) is 36.7 Å². The Balaban J connectivity index is 1.70. The van der Waals surface area contributed by atoms with Gasteiger partial charge in [-0.2, -0.15) is 5.10 Å². The zero-order valence-electron chi connectivity index (χ0n) is 14.3. The normalized spacial score (nSPS) is 10.7. The molecule has 1 N–H and O–H groups in total. The number of nitrogens with zero attached hydrogens (tertiary/aromatic N) is 2. The van der Waals surface area contributed by atoms with Gasteiger partial charge < -0.3 is 5.32 Å². The summed E-state index contributed by atoms with van der Waals surface area (Å²) in [4.78, 5) is 12.3. The lowest BCUT2D eigenvalue weighted by atomic mass is 10.1. The van der Waals surface area contributed by atoms with Crippen molar-refractivity contribution in [1.82, 2.24) is 15.1 Å². The maximum Gasteiger partial charge on any atom is 0.251 e. The number of aromatic nitrogens is 2. The molecule has 0 aliphatic rings. The molecule has 128 valence electrons. The minimum atomic E-state index is -0.119. The summed E-state index contributed by atoms with van der Waals surface area (Å²) in [7, 11) is 0. The largest absolute Gasteiger partial charge is 0.348 e. The van der Waals surface area contributed by atoms with E-state index in [2.05, 4.69) is 22.5 Å². The number of rotatable bonds is 5. The van der Waals surface area contributed by atoms with Gasteiger partial charge in [-0.05, 0) is 43.7 Å². The summed E-state index contributed by atoms with van der Waals surface area (Å²) in [6.07, 6.45) is 0. The molecule has 0 unspecified atom stereocenters. The fraction of sp³-hybridized carbons (Fsp3) is 0.200. The molecule has 0 radical (unpaired) electrons. The van der Waals surface area contributed by atoms with E-state index in [0.717, 1.165) is 23.5 Å². The Morgan fingerprint density at radius 1 is 1.08 bits per heavy atom. The van der Waals surface area contributed by atoms with Gasteiger partial charge in [0.05, 0.1) is 12.2 Å². The van der Waals surface area contributed by atoms with Crippen molar-refractivity contribution in [2.24, 2.45) is 0 Å². The Hall–Kier alpha value is -2.59. The van der Waals surface area contributed by atoms with E-state index >= 15 is 0 Å². The van der Waals surface area contributed by atoms with Crippen LogP contribution in [0.4, 0.5) is 0 Å². The van der Waals surface area contributed by atoms with Gasteiger partial charge in [0.25, 0.3) is 5.91 Å². The van der Waals surface area contributed by atoms with E-state index in [0.29, 0.717) is 17.1 Å². The second-order valence-corrected chi connectivity index (χ2v) is 6.42. The molecule has 1 aromatic heterocycles. The molecule has 5 heteroatoms. The quantitative estimate of drug-likeness (QED) is 0.749. The second kappa shape index (κ2) is 7.53. The van der Waals surface area contributed by atoms with Gasteiger partial charge in [-0.15, -0.1) is 0 Å². The van der Waals surface area contributed by atoms with Crippen molar-refractivity contribution >= 4 is 17.5 Å². The van der Waals surface area contributed by atoms with Gasteiger partial charge in [0.2, 0.25) is 0 Å². The van der Waals surface area contributed by atoms with Crippen LogP contribution in [0, 0.1) is 13.8 Å². The summed E-state index contributed by atoms with van der Waals surface area (Å²) in [5.74, 6) is -0.119. The van der Waals surface area contributed by atoms with Crippen molar-refractivity contribution in [1.29, 1.82) is 0 Å². The van der Waals surface area contributed by atoms with Crippen LogP contribution in [-0.4, -0.2) is 15.7 Å². The van der Waals surface area contributed by atoms with Gasteiger partial charge in [0, 0.05) is 28.4 Å². The lowest BCUT2D eigenvalue weighted by Gasteiger charge is -2.07. The average Bonchev–Trinajstić information content (AvgIpc) is 2.88. The third kappa shape index (κ3) is 4.09. The summed E-state index contributed by atoms with van der Waals surface area (Å²) < 4.78 is 1.98. The highest BCUT2D eigenvalue weighted by Gasteiger charge is 2.13. The zero-order chi connectivity index (χ0) is 17.8. The van der Waals surface area contributed by atoms with Gasteiger partial charge in [0.15, 0.2) is 0 Å². The summed E-state index contributed by atoms with van der Waals surface area (Å²) in [6, 6.07) is 17.1. The van der Waals surface area contributed by atoms with Gasteiger partial charge in [-0.3, -0.25) is 9.48 Å². The van der Waals surface area contributed by atoms with Gasteiger partial charge in [-0.25, -0.2) is 0 Å². The molecule has 1 heterocycles. The topological polar surface area (TPSA) is 46.9 Å². The second-order valence-electron chi connectivity index (χ2n) is 5.98. The third-order valence-electron chi connectivity index (χ3n) is 4.24. The van der Waals surface area contributed by atoms with Crippen LogP contribution < -0.4 is 5.32 Å². The standard InChI is InChI=1S/C20H20ClN3O/c1-14-19(12-22-20(25)17-8-10-18(21)11-9-17)15(2)24(23-14)13-16-6-4-3-5-7-16/h3-11H,12-13H2,1-2H3,(H,22,25). The lowest BCUT2D eigenvalue weighted by Crippen LogP contribution is -2.23. The number of aryl methyl sites for hydroxylation is 1. The molecule has 0 fully saturated rings. The highest BCUT2D eigenvalue weighted by Crippen LogP contribution is 2.15. The molecular weight excluding hydrogens is 334 g/mol. The van der Waals surface area contributed by atoms with Crippen molar-refractivity contribution < 1.29 is 4.79 Å². The number of carbonyl (C=O) groups is 1. The van der Waals surface area contributed by atoms with E-state index in [4.69, 9.17) is 11.6 Å². The highest BCUT2D eigenvalue weighted by atomic mass is 35.5. The Morgan fingerprint density at radius 2 is 1.76 bits per heavy atom. The van der Waals surface area contributed by atoms with Crippen LogP contribution in [0.3, 0.4) is 0 Å². The Labute approximate surface area is 152 Å². The van der Waals surface area contributed by atoms with Gasteiger partial charge in [-0.1, -0.05) is 41.9 Å². The molecule has 3 aromatic rings. The molecule has 2 aromatic carbocycles. The van der Waals surface area contributed by atoms with Crippen molar-refractivity contribution in [2.45, 2.75) is 26.9 Å². The average molecular weight is 354 g/mol. The maximum atomic E-state index is 12.3. The van der Waals surface area contributed by atoms with Crippen molar-refractivity contribution in [3.63, 3.8) is 0 Å². The SMILES string of the molecule is Cc1nn(Cc2ccccc2)c(C)c1CNC(=O)c1ccc(Cl)cc1. The van der Waals surface area contributed by atoms with Crippen LogP contribution in [0.1, 0.15) is 32.9 Å². The molecule has 0 aliphatic heterocycles. The van der Waals surface area contributed by atoms with Crippen molar-refractivity contribution in [3.8, 4) is 0 Å². The lowest BCUT2D eigenvalue weighted by molar-refractivity contribution is 0.0951. The first-order chi connectivity index (χ1) is 12.0. The molecule has 4 nitrogen and oxygen atoms in total. The van der Waals surface area contributed by atoms with Crippen LogP contribution in [0.2, 0.25) is 5.02 Å². The Kier molecular flexibility index (Phi) is 5.19. The van der Waals surface area contributed by atoms with E-state index < -0.39 is 0 Å². The first-order valence-corrected chi connectivity index (χ1v) is 8.53. The fourth-order valence-electron chi connectivity index (χ4n) is 2.77. The molecule has 0 spiro atoms. The van der Waals surface area contributed by atoms with Crippen LogP contribution in [0.25, 0.3) is 0 Å². The molecule has 3 rings (SSSR count). The zero-order valence-corrected chi connectivity index (χ0v) is 15.0. The third-order valence-corrected chi connectivity index (χ3v) is 4.49. The van der Waals surface area contributed by atoms with Gasteiger partial charge >= 0.3 is 0 Å². The van der Waals surface area contributed by atoms with E-state index in [-0.39, 0.29) is 5.91 Å². The number of hydrogen-bond donors (Lipinski definition) is 1.